The molecule has 116 valence electrons. The molecule has 1 heterocycles. The van der Waals surface area contributed by atoms with Crippen molar-refractivity contribution in [3.8, 4) is 11.5 Å². The minimum atomic E-state index is 0.345. The number of hydrogen-bond acceptors (Lipinski definition) is 4. The van der Waals surface area contributed by atoms with Gasteiger partial charge in [0.2, 0.25) is 6.79 Å². The molecule has 1 aromatic carbocycles. The fourth-order valence-corrected chi connectivity index (χ4v) is 4.86. The van der Waals surface area contributed by atoms with E-state index in [1.165, 1.54) is 31.2 Å². The molecule has 2 aliphatic rings. The zero-order valence-electron chi connectivity index (χ0n) is 12.9. The summed E-state index contributed by atoms with van der Waals surface area (Å²) in [7, 11) is 2.04. The molecule has 0 spiro atoms. The molecule has 1 aromatic rings. The second kappa shape index (κ2) is 6.93. The van der Waals surface area contributed by atoms with Crippen LogP contribution in [0, 0.1) is 5.92 Å². The molecule has 0 saturated heterocycles. The van der Waals surface area contributed by atoms with Crippen molar-refractivity contribution in [2.24, 2.45) is 5.92 Å². The molecule has 3 nitrogen and oxygen atoms in total. The summed E-state index contributed by atoms with van der Waals surface area (Å²) in [5, 5.41) is 4.28. The largest absolute Gasteiger partial charge is 0.454 e. The molecule has 3 unspecified atom stereocenters. The van der Waals surface area contributed by atoms with Gasteiger partial charge >= 0.3 is 0 Å². The van der Waals surface area contributed by atoms with E-state index in [0.29, 0.717) is 12.8 Å². The number of rotatable bonds is 5. The highest BCUT2D eigenvalue weighted by Crippen LogP contribution is 2.37. The van der Waals surface area contributed by atoms with Crippen molar-refractivity contribution in [2.45, 2.75) is 43.9 Å². The molecule has 3 atom stereocenters. The van der Waals surface area contributed by atoms with Crippen molar-refractivity contribution in [3.05, 3.63) is 23.8 Å². The first kappa shape index (κ1) is 15.0. The Morgan fingerprint density at radius 1 is 1.29 bits per heavy atom. The Bertz CT molecular complexity index is 480. The summed E-state index contributed by atoms with van der Waals surface area (Å²) in [4.78, 5) is 0. The topological polar surface area (TPSA) is 30.5 Å². The summed E-state index contributed by atoms with van der Waals surface area (Å²) in [6.45, 7) is 2.73. The second-order valence-corrected chi connectivity index (χ2v) is 7.51. The molecule has 0 bridgehead atoms. The molecule has 1 N–H and O–H groups in total. The van der Waals surface area contributed by atoms with Crippen LogP contribution in [-0.4, -0.2) is 24.8 Å². The van der Waals surface area contributed by atoms with Crippen LogP contribution in [-0.2, 0) is 0 Å². The molecule has 3 rings (SSSR count). The van der Waals surface area contributed by atoms with E-state index in [4.69, 9.17) is 9.47 Å². The Kier molecular flexibility index (Phi) is 4.96. The van der Waals surface area contributed by atoms with Crippen LogP contribution in [0.2, 0.25) is 0 Å². The molecule has 0 radical (unpaired) electrons. The van der Waals surface area contributed by atoms with Gasteiger partial charge in [-0.3, -0.25) is 0 Å². The number of benzene rings is 1. The van der Waals surface area contributed by atoms with E-state index < -0.39 is 0 Å². The van der Waals surface area contributed by atoms with E-state index in [1.54, 1.807) is 0 Å². The van der Waals surface area contributed by atoms with Gasteiger partial charge in [-0.2, -0.15) is 11.8 Å². The first-order chi connectivity index (χ1) is 10.3. The summed E-state index contributed by atoms with van der Waals surface area (Å²) in [5.41, 5.74) is 1.29. The third-order valence-electron chi connectivity index (χ3n) is 4.53. The lowest BCUT2D eigenvalue weighted by molar-refractivity contribution is 0.174. The maximum Gasteiger partial charge on any atom is 0.231 e. The Hall–Kier alpha value is -0.870. The zero-order valence-corrected chi connectivity index (χ0v) is 13.7. The van der Waals surface area contributed by atoms with Crippen LogP contribution >= 0.6 is 11.8 Å². The Labute approximate surface area is 131 Å². The van der Waals surface area contributed by atoms with Crippen molar-refractivity contribution in [3.63, 3.8) is 0 Å². The fourth-order valence-electron chi connectivity index (χ4n) is 3.24. The number of ether oxygens (including phenoxy) is 2. The molecule has 21 heavy (non-hydrogen) atoms. The number of fused-ring (bicyclic) bond motifs is 1. The summed E-state index contributed by atoms with van der Waals surface area (Å²) < 4.78 is 10.9. The number of hydrogen-bond donors (Lipinski definition) is 1. The van der Waals surface area contributed by atoms with E-state index in [1.807, 2.05) is 13.1 Å². The lowest BCUT2D eigenvalue weighted by Gasteiger charge is -2.28. The van der Waals surface area contributed by atoms with Crippen LogP contribution in [0.1, 0.15) is 44.2 Å². The molecule has 1 aliphatic carbocycles. The van der Waals surface area contributed by atoms with Gasteiger partial charge in [-0.05, 0) is 43.5 Å². The summed E-state index contributed by atoms with van der Waals surface area (Å²) >= 11 is 2.13. The third kappa shape index (κ3) is 3.67. The maximum atomic E-state index is 5.49. The van der Waals surface area contributed by atoms with Crippen molar-refractivity contribution in [1.82, 2.24) is 5.32 Å². The minimum absolute atomic E-state index is 0.345. The highest BCUT2D eigenvalue weighted by Gasteiger charge is 2.22. The van der Waals surface area contributed by atoms with Crippen molar-refractivity contribution < 1.29 is 9.47 Å². The van der Waals surface area contributed by atoms with Crippen LogP contribution < -0.4 is 14.8 Å². The van der Waals surface area contributed by atoms with E-state index in [0.717, 1.165) is 28.4 Å². The second-order valence-electron chi connectivity index (χ2n) is 6.18. The van der Waals surface area contributed by atoms with Gasteiger partial charge in [0.15, 0.2) is 11.5 Å². The van der Waals surface area contributed by atoms with Crippen LogP contribution in [0.4, 0.5) is 0 Å². The van der Waals surface area contributed by atoms with Crippen LogP contribution in [0.15, 0.2) is 18.2 Å². The SMILES string of the molecule is CNC(CSC1CCCC(C)C1)c1ccc2c(c1)OCO2. The van der Waals surface area contributed by atoms with Gasteiger partial charge in [0.05, 0.1) is 0 Å². The summed E-state index contributed by atoms with van der Waals surface area (Å²) in [6, 6.07) is 6.67. The van der Waals surface area contributed by atoms with E-state index in [9.17, 15) is 0 Å². The fraction of sp³-hybridized carbons (Fsp3) is 0.647. The molecule has 0 aromatic heterocycles. The predicted molar refractivity (Wildman–Crippen MR) is 88.2 cm³/mol. The van der Waals surface area contributed by atoms with Crippen molar-refractivity contribution in [2.75, 3.05) is 19.6 Å². The van der Waals surface area contributed by atoms with E-state index >= 15 is 0 Å². The Balaban J connectivity index is 1.59. The molecule has 1 fully saturated rings. The van der Waals surface area contributed by atoms with Gasteiger partial charge in [-0.1, -0.05) is 25.8 Å². The van der Waals surface area contributed by atoms with Crippen LogP contribution in [0.3, 0.4) is 0 Å². The predicted octanol–water partition coefficient (Wildman–Crippen LogP) is 3.99. The Morgan fingerprint density at radius 2 is 2.14 bits per heavy atom. The van der Waals surface area contributed by atoms with Gasteiger partial charge in [0, 0.05) is 17.0 Å². The van der Waals surface area contributed by atoms with E-state index in [-0.39, 0.29) is 0 Å². The molecule has 1 saturated carbocycles. The van der Waals surface area contributed by atoms with Gasteiger partial charge in [0.1, 0.15) is 0 Å². The van der Waals surface area contributed by atoms with Gasteiger partial charge < -0.3 is 14.8 Å². The first-order valence-corrected chi connectivity index (χ1v) is 8.99. The minimum Gasteiger partial charge on any atom is -0.454 e. The summed E-state index contributed by atoms with van der Waals surface area (Å²) in [5.74, 6) is 3.76. The number of thioether (sulfide) groups is 1. The highest BCUT2D eigenvalue weighted by atomic mass is 32.2. The average molecular weight is 307 g/mol. The normalized spacial score (nSPS) is 25.8. The standard InChI is InChI=1S/C17H25NO2S/c1-12-4-3-5-14(8-12)21-10-15(18-2)13-6-7-16-17(9-13)20-11-19-16/h6-7,9,12,14-15,18H,3-5,8,10-11H2,1-2H3. The Morgan fingerprint density at radius 3 is 2.95 bits per heavy atom. The summed E-state index contributed by atoms with van der Waals surface area (Å²) in [6.07, 6.45) is 5.57. The lowest BCUT2D eigenvalue weighted by atomic mass is 9.91. The maximum absolute atomic E-state index is 5.49. The lowest BCUT2D eigenvalue weighted by Crippen LogP contribution is -2.22. The van der Waals surface area contributed by atoms with Gasteiger partial charge in [0.25, 0.3) is 0 Å². The number of nitrogens with one attached hydrogen (secondary N) is 1. The molecular weight excluding hydrogens is 282 g/mol. The smallest absolute Gasteiger partial charge is 0.231 e. The monoisotopic (exact) mass is 307 g/mol. The molecule has 4 heteroatoms. The zero-order chi connectivity index (χ0) is 14.7. The molecular formula is C17H25NO2S. The van der Waals surface area contributed by atoms with Crippen LogP contribution in [0.25, 0.3) is 0 Å². The molecule has 0 amide bonds. The highest BCUT2D eigenvalue weighted by molar-refractivity contribution is 7.99. The quantitative estimate of drug-likeness (QED) is 0.891. The van der Waals surface area contributed by atoms with Crippen LogP contribution in [0.5, 0.6) is 11.5 Å². The van der Waals surface area contributed by atoms with Crippen molar-refractivity contribution in [1.29, 1.82) is 0 Å². The van der Waals surface area contributed by atoms with Gasteiger partial charge in [-0.15, -0.1) is 0 Å². The van der Waals surface area contributed by atoms with E-state index in [2.05, 4.69) is 36.1 Å². The third-order valence-corrected chi connectivity index (χ3v) is 5.96. The van der Waals surface area contributed by atoms with Gasteiger partial charge in [-0.25, -0.2) is 0 Å². The van der Waals surface area contributed by atoms with Crippen molar-refractivity contribution >= 4 is 11.8 Å². The average Bonchev–Trinajstić information content (AvgIpc) is 2.95. The molecule has 1 aliphatic heterocycles. The first-order valence-electron chi connectivity index (χ1n) is 7.94.